The molecular weight excluding hydrogens is 294 g/mol. The molecule has 2 atom stereocenters. The largest absolute Gasteiger partial charge is 0.476 e. The zero-order chi connectivity index (χ0) is 16.0. The Balaban J connectivity index is 1.57. The van der Waals surface area contributed by atoms with Crippen molar-refractivity contribution in [1.82, 2.24) is 9.78 Å². The summed E-state index contributed by atoms with van der Waals surface area (Å²) in [5.74, 6) is 0.258. The lowest BCUT2D eigenvalue weighted by atomic mass is 10.1. The van der Waals surface area contributed by atoms with Crippen molar-refractivity contribution in [3.8, 4) is 5.69 Å². The second-order valence-corrected chi connectivity index (χ2v) is 6.24. The molecule has 118 valence electrons. The fraction of sp³-hybridized carbons (Fsp3) is 0.353. The average molecular weight is 311 g/mol. The number of nitrogens with zero attached hydrogens (tertiary/aromatic N) is 2. The van der Waals surface area contributed by atoms with Crippen molar-refractivity contribution in [2.45, 2.75) is 19.3 Å². The summed E-state index contributed by atoms with van der Waals surface area (Å²) in [4.78, 5) is 23.4. The monoisotopic (exact) mass is 311 g/mol. The molecule has 1 heterocycles. The Bertz CT molecular complexity index is 773. The van der Waals surface area contributed by atoms with E-state index < -0.39 is 5.97 Å². The van der Waals surface area contributed by atoms with E-state index in [-0.39, 0.29) is 17.5 Å². The smallest absolute Gasteiger partial charge is 0.356 e. The minimum atomic E-state index is -1.07. The highest BCUT2D eigenvalue weighted by Crippen LogP contribution is 2.57. The Labute approximate surface area is 133 Å². The number of carboxylic acids is 1. The van der Waals surface area contributed by atoms with Gasteiger partial charge in [-0.2, -0.15) is 5.10 Å². The van der Waals surface area contributed by atoms with Crippen molar-refractivity contribution >= 4 is 17.6 Å². The lowest BCUT2D eigenvalue weighted by molar-refractivity contribution is -0.118. The number of carboxylic acid groups (broad SMARTS) is 1. The van der Waals surface area contributed by atoms with Crippen molar-refractivity contribution in [2.75, 3.05) is 5.32 Å². The van der Waals surface area contributed by atoms with Gasteiger partial charge in [0.15, 0.2) is 5.69 Å². The van der Waals surface area contributed by atoms with Crippen molar-refractivity contribution in [1.29, 1.82) is 0 Å². The van der Waals surface area contributed by atoms with Crippen LogP contribution in [0.4, 0.5) is 5.69 Å². The molecule has 23 heavy (non-hydrogen) atoms. The van der Waals surface area contributed by atoms with Crippen LogP contribution in [0.3, 0.4) is 0 Å². The molecule has 1 amide bonds. The fourth-order valence-corrected chi connectivity index (χ4v) is 3.78. The van der Waals surface area contributed by atoms with Gasteiger partial charge in [0.2, 0.25) is 5.91 Å². The SMILES string of the molecule is O=C(O)c1ccn(-c2ccccc2NC(=O)C2[C@H]3CCC[C@H]23)n1. The standard InChI is InChI=1S/C17H17N3O3/c21-16(15-10-4-3-5-11(10)15)18-12-6-1-2-7-14(12)20-9-8-13(19-20)17(22)23/h1-2,6-11,15H,3-5H2,(H,18,21)(H,22,23)/t10-,11-/m0/s1. The number of aromatic carboxylic acids is 1. The van der Waals surface area contributed by atoms with Gasteiger partial charge in [0.25, 0.3) is 0 Å². The van der Waals surface area contributed by atoms with Gasteiger partial charge in [-0.3, -0.25) is 4.79 Å². The van der Waals surface area contributed by atoms with Crippen LogP contribution in [0.1, 0.15) is 29.8 Å². The van der Waals surface area contributed by atoms with Crippen LogP contribution < -0.4 is 5.32 Å². The molecule has 2 saturated carbocycles. The summed E-state index contributed by atoms with van der Waals surface area (Å²) in [7, 11) is 0. The number of nitrogens with one attached hydrogen (secondary N) is 1. The molecule has 0 aliphatic heterocycles. The van der Waals surface area contributed by atoms with E-state index in [4.69, 9.17) is 5.11 Å². The summed E-state index contributed by atoms with van der Waals surface area (Å²) in [6.07, 6.45) is 5.14. The van der Waals surface area contributed by atoms with Crippen molar-refractivity contribution < 1.29 is 14.7 Å². The van der Waals surface area contributed by atoms with Gasteiger partial charge >= 0.3 is 5.97 Å². The molecular formula is C17H17N3O3. The van der Waals surface area contributed by atoms with E-state index in [1.54, 1.807) is 6.20 Å². The van der Waals surface area contributed by atoms with Crippen molar-refractivity contribution in [3.05, 3.63) is 42.2 Å². The van der Waals surface area contributed by atoms with Crippen LogP contribution in [-0.4, -0.2) is 26.8 Å². The number of anilines is 1. The van der Waals surface area contributed by atoms with Crippen molar-refractivity contribution in [3.63, 3.8) is 0 Å². The molecule has 1 aromatic carbocycles. The lowest BCUT2D eigenvalue weighted by Crippen LogP contribution is -2.18. The number of hydrogen-bond donors (Lipinski definition) is 2. The molecule has 6 heteroatoms. The second kappa shape index (κ2) is 5.22. The number of fused-ring (bicyclic) bond motifs is 1. The summed E-state index contributed by atoms with van der Waals surface area (Å²) in [5.41, 5.74) is 1.30. The van der Waals surface area contributed by atoms with Gasteiger partial charge in [-0.25, -0.2) is 9.48 Å². The maximum atomic E-state index is 12.5. The highest BCUT2D eigenvalue weighted by atomic mass is 16.4. The molecule has 2 aliphatic carbocycles. The van der Waals surface area contributed by atoms with Crippen molar-refractivity contribution in [2.24, 2.45) is 17.8 Å². The van der Waals surface area contributed by atoms with Crippen LogP contribution in [0, 0.1) is 17.8 Å². The van der Waals surface area contributed by atoms with Gasteiger partial charge < -0.3 is 10.4 Å². The van der Waals surface area contributed by atoms with E-state index in [1.807, 2.05) is 24.3 Å². The van der Waals surface area contributed by atoms with E-state index in [0.29, 0.717) is 23.2 Å². The summed E-state index contributed by atoms with van der Waals surface area (Å²) in [6, 6.07) is 8.73. The Morgan fingerprint density at radius 1 is 1.17 bits per heavy atom. The predicted octanol–water partition coefficient (Wildman–Crippen LogP) is 2.56. The first-order valence-corrected chi connectivity index (χ1v) is 7.84. The highest BCUT2D eigenvalue weighted by Gasteiger charge is 2.56. The second-order valence-electron chi connectivity index (χ2n) is 6.24. The van der Waals surface area contributed by atoms with Gasteiger partial charge in [0.05, 0.1) is 11.4 Å². The average Bonchev–Trinajstić information content (AvgIpc) is 2.95. The zero-order valence-corrected chi connectivity index (χ0v) is 12.5. The molecule has 2 fully saturated rings. The first-order chi connectivity index (χ1) is 11.1. The number of aromatic nitrogens is 2. The topological polar surface area (TPSA) is 84.2 Å². The van der Waals surface area contributed by atoms with Gasteiger partial charge in [0.1, 0.15) is 0 Å². The minimum Gasteiger partial charge on any atom is -0.476 e. The lowest BCUT2D eigenvalue weighted by Gasteiger charge is -2.11. The molecule has 1 aromatic heterocycles. The van der Waals surface area contributed by atoms with E-state index in [2.05, 4.69) is 10.4 Å². The predicted molar refractivity (Wildman–Crippen MR) is 83.5 cm³/mol. The summed E-state index contributed by atoms with van der Waals surface area (Å²) >= 11 is 0. The normalized spacial score (nSPS) is 25.0. The Morgan fingerprint density at radius 2 is 1.91 bits per heavy atom. The molecule has 2 aromatic rings. The molecule has 0 saturated heterocycles. The Kier molecular flexibility index (Phi) is 3.18. The highest BCUT2D eigenvalue weighted by molar-refractivity contribution is 5.96. The van der Waals surface area contributed by atoms with Crippen LogP contribution in [0.25, 0.3) is 5.69 Å². The van der Waals surface area contributed by atoms with Crippen LogP contribution in [0.15, 0.2) is 36.5 Å². The van der Waals surface area contributed by atoms with Gasteiger partial charge in [-0.15, -0.1) is 0 Å². The first kappa shape index (κ1) is 14.0. The number of para-hydroxylation sites is 2. The van der Waals surface area contributed by atoms with Gasteiger partial charge in [0, 0.05) is 12.1 Å². The summed E-state index contributed by atoms with van der Waals surface area (Å²) in [5, 5.41) is 16.0. The molecule has 2 aliphatic rings. The third kappa shape index (κ3) is 2.40. The van der Waals surface area contributed by atoms with E-state index in [9.17, 15) is 9.59 Å². The van der Waals surface area contributed by atoms with Crippen LogP contribution >= 0.6 is 0 Å². The number of benzene rings is 1. The summed E-state index contributed by atoms with van der Waals surface area (Å²) in [6.45, 7) is 0. The molecule has 6 nitrogen and oxygen atoms in total. The fourth-order valence-electron chi connectivity index (χ4n) is 3.78. The van der Waals surface area contributed by atoms with Gasteiger partial charge in [-0.1, -0.05) is 18.6 Å². The molecule has 0 bridgehead atoms. The Morgan fingerprint density at radius 3 is 2.61 bits per heavy atom. The van der Waals surface area contributed by atoms with Crippen LogP contribution in [0.5, 0.6) is 0 Å². The maximum Gasteiger partial charge on any atom is 0.356 e. The van der Waals surface area contributed by atoms with E-state index in [1.165, 1.54) is 17.2 Å². The number of carbonyl (C=O) groups excluding carboxylic acids is 1. The van der Waals surface area contributed by atoms with Crippen LogP contribution in [0.2, 0.25) is 0 Å². The zero-order valence-electron chi connectivity index (χ0n) is 12.5. The van der Waals surface area contributed by atoms with Gasteiger partial charge in [-0.05, 0) is 42.9 Å². The number of rotatable bonds is 4. The molecule has 0 unspecified atom stereocenters. The molecule has 4 rings (SSSR count). The van der Waals surface area contributed by atoms with Crippen LogP contribution in [-0.2, 0) is 4.79 Å². The first-order valence-electron chi connectivity index (χ1n) is 7.84. The minimum absolute atomic E-state index is 0.0251. The maximum absolute atomic E-state index is 12.5. The van der Waals surface area contributed by atoms with E-state index in [0.717, 1.165) is 12.8 Å². The number of amides is 1. The Hall–Kier alpha value is -2.63. The van der Waals surface area contributed by atoms with E-state index >= 15 is 0 Å². The third-order valence-corrected chi connectivity index (χ3v) is 4.93. The quantitative estimate of drug-likeness (QED) is 0.909. The summed E-state index contributed by atoms with van der Waals surface area (Å²) < 4.78 is 1.48. The third-order valence-electron chi connectivity index (χ3n) is 4.93. The number of hydrogen-bond acceptors (Lipinski definition) is 3. The molecule has 0 spiro atoms. The number of carbonyl (C=O) groups is 2. The molecule has 2 N–H and O–H groups in total. The molecule has 0 radical (unpaired) electrons.